The smallest absolute Gasteiger partial charge is 0.405 e. The summed E-state index contributed by atoms with van der Waals surface area (Å²) >= 11 is 0. The van der Waals surface area contributed by atoms with Crippen LogP contribution >= 0.6 is 0 Å². The van der Waals surface area contributed by atoms with Crippen molar-refractivity contribution in [2.75, 3.05) is 0 Å². The van der Waals surface area contributed by atoms with Gasteiger partial charge in [0.05, 0.1) is 6.04 Å². The second-order valence-corrected chi connectivity index (χ2v) is 9.93. The fourth-order valence-electron chi connectivity index (χ4n) is 5.99. The molecule has 0 bridgehead atoms. The molecule has 3 N–H and O–H groups in total. The maximum Gasteiger partial charge on any atom is 0.405 e. The van der Waals surface area contributed by atoms with E-state index in [2.05, 4.69) is 22.8 Å². The maximum atomic E-state index is 13.6. The second kappa shape index (κ2) is 9.51. The molecule has 1 heterocycles. The Morgan fingerprint density at radius 3 is 2.56 bits per heavy atom. The van der Waals surface area contributed by atoms with Crippen LogP contribution in [-0.2, 0) is 16.0 Å². The normalized spacial score (nSPS) is 27.9. The number of amides is 3. The van der Waals surface area contributed by atoms with Crippen LogP contribution in [0, 0.1) is 11.8 Å². The van der Waals surface area contributed by atoms with Gasteiger partial charge in [-0.2, -0.15) is 0 Å². The predicted molar refractivity (Wildman–Crippen MR) is 121 cm³/mol. The Hall–Kier alpha value is -2.57. The van der Waals surface area contributed by atoms with Gasteiger partial charge in [-0.25, -0.2) is 4.79 Å². The third-order valence-electron chi connectivity index (χ3n) is 7.54. The van der Waals surface area contributed by atoms with E-state index in [9.17, 15) is 19.5 Å². The minimum Gasteiger partial charge on any atom is -0.465 e. The monoisotopic (exact) mass is 441 g/mol. The predicted octanol–water partition coefficient (Wildman–Crippen LogP) is 3.63. The number of hydrogen-bond donors (Lipinski definition) is 3. The maximum absolute atomic E-state index is 13.6. The topological polar surface area (TPSA) is 98.7 Å². The van der Waals surface area contributed by atoms with Gasteiger partial charge in [-0.3, -0.25) is 9.59 Å². The number of rotatable bonds is 5. The van der Waals surface area contributed by atoms with Gasteiger partial charge in [0.15, 0.2) is 0 Å². The molecule has 174 valence electrons. The fourth-order valence-corrected chi connectivity index (χ4v) is 5.99. The van der Waals surface area contributed by atoms with Crippen molar-refractivity contribution in [1.82, 2.24) is 15.5 Å². The molecule has 1 saturated heterocycles. The lowest BCUT2D eigenvalue weighted by atomic mass is 9.84. The number of fused-ring (bicyclic) bond motifs is 2. The molecule has 1 saturated carbocycles. The highest BCUT2D eigenvalue weighted by molar-refractivity contribution is 5.92. The van der Waals surface area contributed by atoms with E-state index in [1.807, 2.05) is 26.0 Å². The third kappa shape index (κ3) is 4.48. The van der Waals surface area contributed by atoms with Crippen molar-refractivity contribution >= 4 is 17.9 Å². The SMILES string of the molecule is CC(C)C(NC(=O)O)C(=O)N1C(C(=O)NC2CCCc3ccccc32)CC2CCCCC21. The molecule has 0 radical (unpaired) electrons. The third-order valence-corrected chi connectivity index (χ3v) is 7.54. The van der Waals surface area contributed by atoms with Gasteiger partial charge in [0.25, 0.3) is 0 Å². The summed E-state index contributed by atoms with van der Waals surface area (Å²) in [5.41, 5.74) is 2.45. The zero-order chi connectivity index (χ0) is 22.8. The molecular formula is C25H35N3O4. The molecule has 3 amide bonds. The number of nitrogens with one attached hydrogen (secondary N) is 2. The van der Waals surface area contributed by atoms with Crippen molar-refractivity contribution in [1.29, 1.82) is 0 Å². The molecule has 7 nitrogen and oxygen atoms in total. The highest BCUT2D eigenvalue weighted by atomic mass is 16.4. The van der Waals surface area contributed by atoms with E-state index >= 15 is 0 Å². The van der Waals surface area contributed by atoms with Gasteiger partial charge < -0.3 is 20.6 Å². The summed E-state index contributed by atoms with van der Waals surface area (Å²) in [7, 11) is 0. The van der Waals surface area contributed by atoms with Crippen molar-refractivity contribution in [3.05, 3.63) is 35.4 Å². The van der Waals surface area contributed by atoms with Crippen LogP contribution < -0.4 is 10.6 Å². The average Bonchev–Trinajstić information content (AvgIpc) is 3.17. The number of likely N-dealkylation sites (tertiary alicyclic amines) is 1. The van der Waals surface area contributed by atoms with Gasteiger partial charge in [-0.05, 0) is 61.5 Å². The van der Waals surface area contributed by atoms with Gasteiger partial charge >= 0.3 is 6.09 Å². The lowest BCUT2D eigenvalue weighted by Gasteiger charge is -2.37. The summed E-state index contributed by atoms with van der Waals surface area (Å²) in [6, 6.07) is 6.84. The molecule has 1 aromatic carbocycles. The van der Waals surface area contributed by atoms with Crippen LogP contribution in [0.3, 0.4) is 0 Å². The molecule has 0 aromatic heterocycles. The zero-order valence-corrected chi connectivity index (χ0v) is 19.0. The van der Waals surface area contributed by atoms with Gasteiger partial charge in [-0.15, -0.1) is 0 Å². The molecule has 2 aliphatic carbocycles. The highest BCUT2D eigenvalue weighted by Gasteiger charge is 2.49. The van der Waals surface area contributed by atoms with E-state index < -0.39 is 18.2 Å². The average molecular weight is 442 g/mol. The number of benzene rings is 1. The Labute approximate surface area is 189 Å². The largest absolute Gasteiger partial charge is 0.465 e. The standard InChI is InChI=1S/C25H35N3O4/c1-15(2)22(27-25(31)32)24(30)28-20-13-6-4-9-17(20)14-21(28)23(29)26-19-12-7-10-16-8-3-5-11-18(16)19/h3,5,8,11,15,17,19-22,27H,4,6-7,9-10,12-14H2,1-2H3,(H,26,29)(H,31,32). The molecule has 7 heteroatoms. The van der Waals surface area contributed by atoms with E-state index in [1.54, 1.807) is 4.90 Å². The van der Waals surface area contributed by atoms with Crippen molar-refractivity contribution in [2.24, 2.45) is 11.8 Å². The first-order valence-corrected chi connectivity index (χ1v) is 12.1. The summed E-state index contributed by atoms with van der Waals surface area (Å²) in [4.78, 5) is 40.3. The number of carbonyl (C=O) groups is 3. The van der Waals surface area contributed by atoms with Crippen LogP contribution in [0.2, 0.25) is 0 Å². The van der Waals surface area contributed by atoms with Crippen molar-refractivity contribution in [2.45, 2.75) is 89.4 Å². The lowest BCUT2D eigenvalue weighted by molar-refractivity contribution is -0.143. The first-order valence-electron chi connectivity index (χ1n) is 12.1. The molecule has 4 rings (SSSR count). The number of nitrogens with zero attached hydrogens (tertiary/aromatic N) is 1. The zero-order valence-electron chi connectivity index (χ0n) is 19.0. The van der Waals surface area contributed by atoms with E-state index in [4.69, 9.17) is 0 Å². The number of hydrogen-bond acceptors (Lipinski definition) is 3. The van der Waals surface area contributed by atoms with E-state index in [1.165, 1.54) is 11.1 Å². The molecule has 32 heavy (non-hydrogen) atoms. The summed E-state index contributed by atoms with van der Waals surface area (Å²) in [6.07, 6.45) is 6.45. The first-order chi connectivity index (χ1) is 15.4. The van der Waals surface area contributed by atoms with E-state index in [0.29, 0.717) is 12.3 Å². The van der Waals surface area contributed by atoms with Crippen molar-refractivity contribution in [3.63, 3.8) is 0 Å². The Balaban J connectivity index is 1.57. The van der Waals surface area contributed by atoms with Crippen molar-refractivity contribution in [3.8, 4) is 0 Å². The van der Waals surface area contributed by atoms with E-state index in [0.717, 1.165) is 44.9 Å². The summed E-state index contributed by atoms with van der Waals surface area (Å²) < 4.78 is 0. The molecule has 1 aliphatic heterocycles. The molecule has 1 aromatic rings. The minimum absolute atomic E-state index is 0.0162. The Morgan fingerprint density at radius 2 is 1.81 bits per heavy atom. The van der Waals surface area contributed by atoms with Gasteiger partial charge in [0.1, 0.15) is 12.1 Å². The van der Waals surface area contributed by atoms with Crippen LogP contribution in [0.15, 0.2) is 24.3 Å². The summed E-state index contributed by atoms with van der Waals surface area (Å²) in [5.74, 6) is -0.261. The molecular weight excluding hydrogens is 406 g/mol. The van der Waals surface area contributed by atoms with Crippen LogP contribution in [0.5, 0.6) is 0 Å². The summed E-state index contributed by atoms with van der Waals surface area (Å²) in [5, 5.41) is 14.9. The van der Waals surface area contributed by atoms with Crippen LogP contribution in [0.25, 0.3) is 0 Å². The quantitative estimate of drug-likeness (QED) is 0.650. The number of aryl methyl sites for hydroxylation is 1. The Bertz CT molecular complexity index is 870. The van der Waals surface area contributed by atoms with Gasteiger partial charge in [0.2, 0.25) is 11.8 Å². The fraction of sp³-hybridized carbons (Fsp3) is 0.640. The number of carboxylic acid groups (broad SMARTS) is 1. The van der Waals surface area contributed by atoms with Crippen LogP contribution in [0.1, 0.15) is 76.0 Å². The molecule has 5 unspecified atom stereocenters. The van der Waals surface area contributed by atoms with Crippen LogP contribution in [-0.4, -0.2) is 46.0 Å². The first kappa shape index (κ1) is 22.6. The Kier molecular flexibility index (Phi) is 6.72. The molecule has 5 atom stereocenters. The van der Waals surface area contributed by atoms with Gasteiger partial charge in [0, 0.05) is 6.04 Å². The van der Waals surface area contributed by atoms with Gasteiger partial charge in [-0.1, -0.05) is 51.0 Å². The Morgan fingerprint density at radius 1 is 1.06 bits per heavy atom. The second-order valence-electron chi connectivity index (χ2n) is 9.93. The van der Waals surface area contributed by atoms with Crippen molar-refractivity contribution < 1.29 is 19.5 Å². The summed E-state index contributed by atoms with van der Waals surface area (Å²) in [6.45, 7) is 3.67. The molecule has 2 fully saturated rings. The molecule has 3 aliphatic rings. The van der Waals surface area contributed by atoms with E-state index in [-0.39, 0.29) is 29.8 Å². The highest BCUT2D eigenvalue weighted by Crippen LogP contribution is 2.41. The number of carbonyl (C=O) groups excluding carboxylic acids is 2. The van der Waals surface area contributed by atoms with Crippen LogP contribution in [0.4, 0.5) is 4.79 Å². The molecule has 0 spiro atoms. The lowest BCUT2D eigenvalue weighted by Crippen LogP contribution is -2.57. The minimum atomic E-state index is -1.21.